The Morgan fingerprint density at radius 3 is 2.42 bits per heavy atom. The van der Waals surface area contributed by atoms with E-state index in [1.807, 2.05) is 6.92 Å². The average Bonchev–Trinajstić information content (AvgIpc) is 2.43. The molecule has 0 aliphatic rings. The fourth-order valence-corrected chi connectivity index (χ4v) is 2.45. The summed E-state index contributed by atoms with van der Waals surface area (Å²) in [6, 6.07) is 6.17. The third-order valence-corrected chi connectivity index (χ3v) is 3.85. The molecule has 0 fully saturated rings. The molecular formula is C12H18N2O4S. The summed E-state index contributed by atoms with van der Waals surface area (Å²) in [5.41, 5.74) is 0.653. The highest BCUT2D eigenvalue weighted by molar-refractivity contribution is 7.89. The summed E-state index contributed by atoms with van der Waals surface area (Å²) in [7, 11) is -2.14. The van der Waals surface area contributed by atoms with Crippen molar-refractivity contribution in [3.8, 4) is 0 Å². The number of carbonyl (C=O) groups is 1. The molecule has 0 unspecified atom stereocenters. The smallest absolute Gasteiger partial charge is 0.325 e. The molecule has 0 aromatic heterocycles. The van der Waals surface area contributed by atoms with Crippen molar-refractivity contribution in [1.29, 1.82) is 0 Å². The largest absolute Gasteiger partial charge is 0.468 e. The normalized spacial score (nSPS) is 11.1. The molecule has 7 heteroatoms. The molecule has 1 aromatic rings. The fraction of sp³-hybridized carbons (Fsp3) is 0.417. The molecule has 0 amide bonds. The van der Waals surface area contributed by atoms with E-state index in [-0.39, 0.29) is 17.4 Å². The van der Waals surface area contributed by atoms with Gasteiger partial charge in [0.15, 0.2) is 0 Å². The summed E-state index contributed by atoms with van der Waals surface area (Å²) in [6.07, 6.45) is 0.734. The maximum atomic E-state index is 11.8. The average molecular weight is 286 g/mol. The van der Waals surface area contributed by atoms with Crippen LogP contribution in [-0.4, -0.2) is 34.6 Å². The second kappa shape index (κ2) is 7.10. The molecule has 6 nitrogen and oxygen atoms in total. The summed E-state index contributed by atoms with van der Waals surface area (Å²) in [5.74, 6) is -0.388. The highest BCUT2D eigenvalue weighted by Crippen LogP contribution is 2.13. The number of sulfonamides is 1. The van der Waals surface area contributed by atoms with Crippen molar-refractivity contribution in [3.05, 3.63) is 24.3 Å². The van der Waals surface area contributed by atoms with Crippen LogP contribution in [0.2, 0.25) is 0 Å². The van der Waals surface area contributed by atoms with Crippen molar-refractivity contribution in [2.45, 2.75) is 18.2 Å². The third-order valence-electron chi connectivity index (χ3n) is 2.37. The predicted octanol–water partition coefficient (Wildman–Crippen LogP) is 0.960. The lowest BCUT2D eigenvalue weighted by Crippen LogP contribution is -2.24. The molecule has 0 radical (unpaired) electrons. The van der Waals surface area contributed by atoms with E-state index >= 15 is 0 Å². The Kier molecular flexibility index (Phi) is 5.78. The minimum absolute atomic E-state index is 0.0384. The molecule has 2 N–H and O–H groups in total. The first-order valence-corrected chi connectivity index (χ1v) is 7.38. The minimum Gasteiger partial charge on any atom is -0.468 e. The Bertz CT molecular complexity index is 511. The van der Waals surface area contributed by atoms with Crippen LogP contribution >= 0.6 is 0 Å². The number of ether oxygens (including phenoxy) is 1. The van der Waals surface area contributed by atoms with Crippen LogP contribution in [0.15, 0.2) is 29.2 Å². The molecule has 0 atom stereocenters. The van der Waals surface area contributed by atoms with Crippen LogP contribution in [0, 0.1) is 0 Å². The summed E-state index contributed by atoms with van der Waals surface area (Å²) in [6.45, 7) is 2.34. The van der Waals surface area contributed by atoms with E-state index in [0.717, 1.165) is 6.42 Å². The molecule has 0 aliphatic heterocycles. The van der Waals surface area contributed by atoms with Crippen LogP contribution in [0.3, 0.4) is 0 Å². The lowest BCUT2D eigenvalue weighted by atomic mass is 10.3. The first-order chi connectivity index (χ1) is 8.99. The Morgan fingerprint density at radius 1 is 1.26 bits per heavy atom. The van der Waals surface area contributed by atoms with Gasteiger partial charge in [-0.15, -0.1) is 0 Å². The molecule has 19 heavy (non-hydrogen) atoms. The number of esters is 1. The van der Waals surface area contributed by atoms with Gasteiger partial charge in [0, 0.05) is 12.2 Å². The Labute approximate surface area is 113 Å². The summed E-state index contributed by atoms with van der Waals surface area (Å²) >= 11 is 0. The number of anilines is 1. The summed E-state index contributed by atoms with van der Waals surface area (Å²) in [5, 5.41) is 2.83. The highest BCUT2D eigenvalue weighted by Gasteiger charge is 2.12. The van der Waals surface area contributed by atoms with E-state index < -0.39 is 10.0 Å². The van der Waals surface area contributed by atoms with Gasteiger partial charge in [0.05, 0.1) is 12.0 Å². The number of methoxy groups -OCH3 is 1. The van der Waals surface area contributed by atoms with Crippen LogP contribution < -0.4 is 10.0 Å². The summed E-state index contributed by atoms with van der Waals surface area (Å²) in [4.78, 5) is 11.1. The van der Waals surface area contributed by atoms with Gasteiger partial charge in [-0.25, -0.2) is 13.1 Å². The van der Waals surface area contributed by atoms with Crippen molar-refractivity contribution >= 4 is 21.7 Å². The van der Waals surface area contributed by atoms with Gasteiger partial charge in [0.1, 0.15) is 6.54 Å². The number of hydrogen-bond acceptors (Lipinski definition) is 5. The number of benzene rings is 1. The molecule has 1 aromatic carbocycles. The van der Waals surface area contributed by atoms with Crippen molar-refractivity contribution in [2.75, 3.05) is 25.5 Å². The number of rotatable bonds is 7. The molecule has 1 rings (SSSR count). The van der Waals surface area contributed by atoms with Gasteiger partial charge in [-0.3, -0.25) is 4.79 Å². The van der Waals surface area contributed by atoms with Gasteiger partial charge >= 0.3 is 5.97 Å². The first kappa shape index (κ1) is 15.5. The van der Waals surface area contributed by atoms with Crippen molar-refractivity contribution in [3.63, 3.8) is 0 Å². The van der Waals surface area contributed by atoms with E-state index in [2.05, 4.69) is 14.8 Å². The van der Waals surface area contributed by atoms with Crippen LogP contribution in [0.4, 0.5) is 5.69 Å². The molecule has 0 heterocycles. The van der Waals surface area contributed by atoms with E-state index in [1.165, 1.54) is 19.2 Å². The number of hydrogen-bond donors (Lipinski definition) is 2. The van der Waals surface area contributed by atoms with Crippen LogP contribution in [0.5, 0.6) is 0 Å². The topological polar surface area (TPSA) is 84.5 Å². The zero-order valence-corrected chi connectivity index (χ0v) is 11.8. The summed E-state index contributed by atoms with van der Waals surface area (Å²) < 4.78 is 30.6. The lowest BCUT2D eigenvalue weighted by molar-refractivity contribution is -0.138. The molecule has 0 aliphatic carbocycles. The Balaban J connectivity index is 2.68. The zero-order chi connectivity index (χ0) is 14.3. The molecule has 0 saturated heterocycles. The highest BCUT2D eigenvalue weighted by atomic mass is 32.2. The van der Waals surface area contributed by atoms with Crippen LogP contribution in [0.25, 0.3) is 0 Å². The van der Waals surface area contributed by atoms with Crippen molar-refractivity contribution in [2.24, 2.45) is 0 Å². The van der Waals surface area contributed by atoms with Gasteiger partial charge in [-0.2, -0.15) is 0 Å². The van der Waals surface area contributed by atoms with Crippen LogP contribution in [-0.2, 0) is 19.6 Å². The molecular weight excluding hydrogens is 268 g/mol. The quantitative estimate of drug-likeness (QED) is 0.729. The van der Waals surface area contributed by atoms with Crippen LogP contribution in [0.1, 0.15) is 13.3 Å². The zero-order valence-electron chi connectivity index (χ0n) is 11.0. The predicted molar refractivity (Wildman–Crippen MR) is 72.4 cm³/mol. The maximum Gasteiger partial charge on any atom is 0.325 e. The fourth-order valence-electron chi connectivity index (χ4n) is 1.32. The Hall–Kier alpha value is -1.60. The maximum absolute atomic E-state index is 11.8. The van der Waals surface area contributed by atoms with E-state index in [9.17, 15) is 13.2 Å². The van der Waals surface area contributed by atoms with Gasteiger partial charge in [0.25, 0.3) is 0 Å². The van der Waals surface area contributed by atoms with E-state index in [1.54, 1.807) is 12.1 Å². The minimum atomic E-state index is -3.44. The molecule has 106 valence electrons. The van der Waals surface area contributed by atoms with Gasteiger partial charge in [-0.05, 0) is 30.7 Å². The second-order valence-electron chi connectivity index (χ2n) is 3.85. The standard InChI is InChI=1S/C12H18N2O4S/c1-3-8-14-19(16,17)11-6-4-10(5-7-11)13-9-12(15)18-2/h4-7,13-14H,3,8-9H2,1-2H3. The van der Waals surface area contributed by atoms with Gasteiger partial charge < -0.3 is 10.1 Å². The number of carbonyl (C=O) groups excluding carboxylic acids is 1. The molecule has 0 bridgehead atoms. The molecule has 0 saturated carbocycles. The molecule has 0 spiro atoms. The van der Waals surface area contributed by atoms with Crippen molar-refractivity contribution in [1.82, 2.24) is 4.72 Å². The lowest BCUT2D eigenvalue weighted by Gasteiger charge is -2.08. The third kappa shape index (κ3) is 4.88. The first-order valence-electron chi connectivity index (χ1n) is 5.90. The Morgan fingerprint density at radius 2 is 1.89 bits per heavy atom. The number of nitrogens with one attached hydrogen (secondary N) is 2. The van der Waals surface area contributed by atoms with Gasteiger partial charge in [0.2, 0.25) is 10.0 Å². The van der Waals surface area contributed by atoms with E-state index in [4.69, 9.17) is 0 Å². The van der Waals surface area contributed by atoms with E-state index in [0.29, 0.717) is 12.2 Å². The SMILES string of the molecule is CCCNS(=O)(=O)c1ccc(NCC(=O)OC)cc1. The van der Waals surface area contributed by atoms with Crippen molar-refractivity contribution < 1.29 is 17.9 Å². The monoisotopic (exact) mass is 286 g/mol. The van der Waals surface area contributed by atoms with Gasteiger partial charge in [-0.1, -0.05) is 6.92 Å². The second-order valence-corrected chi connectivity index (χ2v) is 5.62.